The molecule has 0 amide bonds. The van der Waals surface area contributed by atoms with E-state index in [0.29, 0.717) is 16.9 Å². The average molecular weight is 422 g/mol. The summed E-state index contributed by atoms with van der Waals surface area (Å²) in [7, 11) is 1.62. The summed E-state index contributed by atoms with van der Waals surface area (Å²) in [6, 6.07) is 10.6. The summed E-state index contributed by atoms with van der Waals surface area (Å²) in [5, 5.41) is 0. The Morgan fingerprint density at radius 3 is 2.45 bits per heavy atom. The number of H-pyrrole nitrogens is 1. The van der Waals surface area contributed by atoms with E-state index >= 15 is 0 Å². The summed E-state index contributed by atoms with van der Waals surface area (Å²) < 4.78 is 5.30. The first-order chi connectivity index (χ1) is 15.0. The third-order valence-corrected chi connectivity index (χ3v) is 6.27. The largest absolute Gasteiger partial charge is 0.329 e. The van der Waals surface area contributed by atoms with Crippen molar-refractivity contribution in [3.8, 4) is 0 Å². The number of imidazole rings is 2. The van der Waals surface area contributed by atoms with Crippen LogP contribution in [0.5, 0.6) is 0 Å². The Kier molecular flexibility index (Phi) is 4.99. The molecule has 5 rings (SSSR count). The van der Waals surface area contributed by atoms with Crippen LogP contribution in [-0.2, 0) is 20.1 Å². The topological polar surface area (TPSA) is 83.6 Å². The number of aromatic amines is 1. The van der Waals surface area contributed by atoms with Crippen LogP contribution >= 0.6 is 0 Å². The zero-order chi connectivity index (χ0) is 21.5. The lowest BCUT2D eigenvalue weighted by Gasteiger charge is -2.34. The fourth-order valence-corrected chi connectivity index (χ4v) is 4.45. The number of nitrogens with zero attached hydrogens (tertiary/aromatic N) is 6. The first kappa shape index (κ1) is 19.8. The van der Waals surface area contributed by atoms with Crippen molar-refractivity contribution >= 4 is 16.9 Å². The smallest absolute Gasteiger partial charge is 0.313 e. The Balaban J connectivity index is 1.29. The molecule has 1 aliphatic rings. The maximum absolute atomic E-state index is 12.4. The van der Waals surface area contributed by atoms with E-state index in [1.165, 1.54) is 10.1 Å². The second-order valence-electron chi connectivity index (χ2n) is 8.30. The van der Waals surface area contributed by atoms with Crippen LogP contribution in [0.4, 0.5) is 0 Å². The highest BCUT2D eigenvalue weighted by Crippen LogP contribution is 2.16. The van der Waals surface area contributed by atoms with Gasteiger partial charge in [0.1, 0.15) is 0 Å². The van der Waals surface area contributed by atoms with E-state index in [9.17, 15) is 9.59 Å². The second-order valence-corrected chi connectivity index (χ2v) is 8.30. The van der Waals surface area contributed by atoms with Gasteiger partial charge in [-0.2, -0.15) is 4.98 Å². The third-order valence-electron chi connectivity index (χ3n) is 6.27. The number of hydrogen-bond acceptors (Lipinski definition) is 5. The van der Waals surface area contributed by atoms with E-state index in [2.05, 4.69) is 54.7 Å². The van der Waals surface area contributed by atoms with Crippen LogP contribution in [0, 0.1) is 6.92 Å². The molecular weight excluding hydrogens is 394 g/mol. The van der Waals surface area contributed by atoms with Crippen molar-refractivity contribution in [1.82, 2.24) is 33.3 Å². The molecule has 4 aromatic rings. The van der Waals surface area contributed by atoms with Crippen LogP contribution in [0.1, 0.15) is 11.3 Å². The molecule has 9 nitrogen and oxygen atoms in total. The molecule has 1 saturated heterocycles. The molecule has 0 saturated carbocycles. The minimum Gasteiger partial charge on any atom is -0.313 e. The number of aryl methyl sites for hydroxylation is 2. The molecule has 1 aromatic carbocycles. The molecule has 4 heterocycles. The Morgan fingerprint density at radius 2 is 1.71 bits per heavy atom. The van der Waals surface area contributed by atoms with Crippen molar-refractivity contribution < 1.29 is 0 Å². The minimum absolute atomic E-state index is 0.405. The predicted molar refractivity (Wildman–Crippen MR) is 119 cm³/mol. The zero-order valence-electron chi connectivity index (χ0n) is 17.9. The molecule has 1 fully saturated rings. The molecule has 0 atom stereocenters. The van der Waals surface area contributed by atoms with E-state index in [1.54, 1.807) is 11.4 Å². The van der Waals surface area contributed by atoms with Crippen molar-refractivity contribution in [2.75, 3.05) is 32.7 Å². The summed E-state index contributed by atoms with van der Waals surface area (Å²) in [5.74, 6) is 0.696. The number of aromatic nitrogens is 5. The number of rotatable bonds is 5. The van der Waals surface area contributed by atoms with Gasteiger partial charge in [-0.25, -0.2) is 4.79 Å². The third kappa shape index (κ3) is 3.60. The Labute approximate surface area is 179 Å². The Hall–Kier alpha value is -3.17. The molecule has 0 spiro atoms. The highest BCUT2D eigenvalue weighted by Gasteiger charge is 2.20. The standard InChI is InChI=1S/C22H27N7O2/c1-16-14-29-18-19(25(2)22(31)24-20(18)30)23-21(29)28(16)13-12-26-8-10-27(11-9-26)15-17-6-4-3-5-7-17/h3-7,14H,8-13,15H2,1-2H3,(H,24,30,31). The van der Waals surface area contributed by atoms with E-state index in [1.807, 2.05) is 13.1 Å². The molecule has 1 aliphatic heterocycles. The van der Waals surface area contributed by atoms with Crippen LogP contribution in [0.25, 0.3) is 16.9 Å². The van der Waals surface area contributed by atoms with Crippen LogP contribution in [-0.4, -0.2) is 66.0 Å². The number of piperazine rings is 1. The number of hydrogen-bond donors (Lipinski definition) is 1. The molecule has 3 aromatic heterocycles. The lowest BCUT2D eigenvalue weighted by Crippen LogP contribution is -2.46. The average Bonchev–Trinajstić information content (AvgIpc) is 3.27. The van der Waals surface area contributed by atoms with Gasteiger partial charge >= 0.3 is 5.69 Å². The van der Waals surface area contributed by atoms with Gasteiger partial charge in [0.15, 0.2) is 11.2 Å². The first-order valence-electron chi connectivity index (χ1n) is 10.7. The van der Waals surface area contributed by atoms with Crippen LogP contribution in [0.2, 0.25) is 0 Å². The monoisotopic (exact) mass is 421 g/mol. The predicted octanol–water partition coefficient (Wildman–Crippen LogP) is 0.802. The maximum atomic E-state index is 12.4. The zero-order valence-corrected chi connectivity index (χ0v) is 17.9. The van der Waals surface area contributed by atoms with Gasteiger partial charge in [0.25, 0.3) is 5.56 Å². The van der Waals surface area contributed by atoms with E-state index in [4.69, 9.17) is 0 Å². The number of fused-ring (bicyclic) bond motifs is 3. The molecule has 1 N–H and O–H groups in total. The molecule has 0 radical (unpaired) electrons. The lowest BCUT2D eigenvalue weighted by atomic mass is 10.2. The summed E-state index contributed by atoms with van der Waals surface area (Å²) in [6.45, 7) is 8.91. The Morgan fingerprint density at radius 1 is 1.00 bits per heavy atom. The fourth-order valence-electron chi connectivity index (χ4n) is 4.45. The highest BCUT2D eigenvalue weighted by molar-refractivity contribution is 5.75. The molecule has 162 valence electrons. The molecule has 0 aliphatic carbocycles. The summed E-state index contributed by atoms with van der Waals surface area (Å²) in [6.07, 6.45) is 1.92. The van der Waals surface area contributed by atoms with Gasteiger partial charge in [0, 0.05) is 64.8 Å². The second kappa shape index (κ2) is 7.82. The van der Waals surface area contributed by atoms with Gasteiger partial charge in [-0.15, -0.1) is 0 Å². The molecule has 0 unspecified atom stereocenters. The van der Waals surface area contributed by atoms with Crippen LogP contribution < -0.4 is 11.2 Å². The lowest BCUT2D eigenvalue weighted by molar-refractivity contribution is 0.124. The van der Waals surface area contributed by atoms with Crippen LogP contribution in [0.15, 0.2) is 46.1 Å². The van der Waals surface area contributed by atoms with Crippen molar-refractivity contribution in [2.24, 2.45) is 7.05 Å². The molecule has 0 bridgehead atoms. The van der Waals surface area contributed by atoms with Gasteiger partial charge in [-0.1, -0.05) is 30.3 Å². The van der Waals surface area contributed by atoms with Gasteiger partial charge in [-0.05, 0) is 12.5 Å². The maximum Gasteiger partial charge on any atom is 0.329 e. The Bertz CT molecular complexity index is 1340. The van der Waals surface area contributed by atoms with E-state index in [0.717, 1.165) is 51.5 Å². The van der Waals surface area contributed by atoms with Gasteiger partial charge in [-0.3, -0.25) is 28.5 Å². The summed E-state index contributed by atoms with van der Waals surface area (Å²) >= 11 is 0. The minimum atomic E-state index is -0.449. The SMILES string of the molecule is Cc1cn2c3c(=O)[nH]c(=O)n(C)c3nc2n1CCN1CCN(Cc2ccccc2)CC1. The van der Waals surface area contributed by atoms with E-state index < -0.39 is 11.2 Å². The van der Waals surface area contributed by atoms with Gasteiger partial charge < -0.3 is 4.57 Å². The summed E-state index contributed by atoms with van der Waals surface area (Å²) in [5.41, 5.74) is 2.37. The highest BCUT2D eigenvalue weighted by atomic mass is 16.2. The van der Waals surface area contributed by atoms with Crippen molar-refractivity contribution in [1.29, 1.82) is 0 Å². The van der Waals surface area contributed by atoms with Gasteiger partial charge in [0.05, 0.1) is 0 Å². The number of benzene rings is 1. The van der Waals surface area contributed by atoms with Gasteiger partial charge in [0.2, 0.25) is 5.78 Å². The van der Waals surface area contributed by atoms with Crippen molar-refractivity contribution in [3.05, 3.63) is 68.6 Å². The normalized spacial score (nSPS) is 15.9. The number of nitrogens with one attached hydrogen (secondary N) is 1. The molecule has 9 heteroatoms. The van der Waals surface area contributed by atoms with Crippen LogP contribution in [0.3, 0.4) is 0 Å². The molecule has 31 heavy (non-hydrogen) atoms. The quantitative estimate of drug-likeness (QED) is 0.516. The summed E-state index contributed by atoms with van der Waals surface area (Å²) in [4.78, 5) is 36.2. The van der Waals surface area contributed by atoms with Crippen molar-refractivity contribution in [3.63, 3.8) is 0 Å². The fraction of sp³-hybridized carbons (Fsp3) is 0.409. The van der Waals surface area contributed by atoms with Crippen molar-refractivity contribution in [2.45, 2.75) is 20.0 Å². The molecular formula is C22H27N7O2. The first-order valence-corrected chi connectivity index (χ1v) is 10.7. The van der Waals surface area contributed by atoms with E-state index in [-0.39, 0.29) is 0 Å².